The molecule has 0 spiro atoms. The van der Waals surface area contributed by atoms with E-state index in [4.69, 9.17) is 9.97 Å². The Morgan fingerprint density at radius 2 is 1.64 bits per heavy atom. The van der Waals surface area contributed by atoms with Gasteiger partial charge < -0.3 is 9.80 Å². The van der Waals surface area contributed by atoms with E-state index in [0.717, 1.165) is 49.6 Å². The van der Waals surface area contributed by atoms with E-state index in [2.05, 4.69) is 53.1 Å². The van der Waals surface area contributed by atoms with Gasteiger partial charge in [-0.25, -0.2) is 4.98 Å². The number of benzene rings is 1. The van der Waals surface area contributed by atoms with Crippen LogP contribution < -0.4 is 9.80 Å². The summed E-state index contributed by atoms with van der Waals surface area (Å²) in [5, 5.41) is 0. The Balaban J connectivity index is 1.72. The van der Waals surface area contributed by atoms with Crippen molar-refractivity contribution in [3.63, 3.8) is 0 Å². The van der Waals surface area contributed by atoms with Gasteiger partial charge in [-0.3, -0.25) is 0 Å². The first-order valence-corrected chi connectivity index (χ1v) is 9.74. The maximum atomic E-state index is 4.98. The molecule has 2 saturated heterocycles. The lowest BCUT2D eigenvalue weighted by molar-refractivity contribution is 0.444. The molecule has 25 heavy (non-hydrogen) atoms. The molecule has 0 N–H and O–H groups in total. The van der Waals surface area contributed by atoms with Gasteiger partial charge in [-0.1, -0.05) is 37.3 Å². The van der Waals surface area contributed by atoms with E-state index in [-0.39, 0.29) is 0 Å². The first-order chi connectivity index (χ1) is 12.3. The zero-order valence-corrected chi connectivity index (χ0v) is 15.2. The third-order valence-corrected chi connectivity index (χ3v) is 5.39. The van der Waals surface area contributed by atoms with Gasteiger partial charge in [-0.2, -0.15) is 4.98 Å². The number of hydrogen-bond acceptors (Lipinski definition) is 4. The average molecular weight is 336 g/mol. The van der Waals surface area contributed by atoms with Crippen molar-refractivity contribution in [3.05, 3.63) is 36.4 Å². The van der Waals surface area contributed by atoms with Crippen LogP contribution >= 0.6 is 0 Å². The van der Waals surface area contributed by atoms with Gasteiger partial charge in [0.1, 0.15) is 5.82 Å². The molecule has 0 amide bonds. The Labute approximate surface area is 150 Å². The smallest absolute Gasteiger partial charge is 0.227 e. The van der Waals surface area contributed by atoms with E-state index in [0.29, 0.717) is 0 Å². The Kier molecular flexibility index (Phi) is 4.86. The zero-order valence-electron chi connectivity index (χ0n) is 15.2. The Bertz CT molecular complexity index is 694. The molecule has 2 aliphatic heterocycles. The highest BCUT2D eigenvalue weighted by molar-refractivity contribution is 5.65. The number of aromatic nitrogens is 2. The van der Waals surface area contributed by atoms with Crippen LogP contribution in [-0.4, -0.2) is 36.1 Å². The van der Waals surface area contributed by atoms with E-state index >= 15 is 0 Å². The molecule has 0 saturated carbocycles. The van der Waals surface area contributed by atoms with Gasteiger partial charge in [-0.15, -0.1) is 0 Å². The number of hydrogen-bond donors (Lipinski definition) is 0. The molecule has 132 valence electrons. The lowest BCUT2D eigenvalue weighted by Crippen LogP contribution is -2.36. The molecule has 1 unspecified atom stereocenters. The van der Waals surface area contributed by atoms with Crippen LogP contribution in [0.25, 0.3) is 11.3 Å². The van der Waals surface area contributed by atoms with Gasteiger partial charge >= 0.3 is 0 Å². The summed E-state index contributed by atoms with van der Waals surface area (Å²) in [5.41, 5.74) is 2.22. The summed E-state index contributed by atoms with van der Waals surface area (Å²) in [4.78, 5) is 14.7. The Hall–Kier alpha value is -2.10. The maximum absolute atomic E-state index is 4.98. The normalized spacial score (nSPS) is 21.4. The van der Waals surface area contributed by atoms with Gasteiger partial charge in [0.15, 0.2) is 0 Å². The number of rotatable bonds is 3. The molecule has 4 heteroatoms. The molecule has 1 aromatic heterocycles. The van der Waals surface area contributed by atoms with Crippen molar-refractivity contribution in [2.24, 2.45) is 5.92 Å². The van der Waals surface area contributed by atoms with Crippen molar-refractivity contribution in [2.75, 3.05) is 36.0 Å². The molecule has 0 radical (unpaired) electrons. The molecule has 4 nitrogen and oxygen atoms in total. The maximum Gasteiger partial charge on any atom is 0.227 e. The van der Waals surface area contributed by atoms with Crippen molar-refractivity contribution in [1.82, 2.24) is 9.97 Å². The second-order valence-corrected chi connectivity index (χ2v) is 7.52. The van der Waals surface area contributed by atoms with Crippen LogP contribution in [0.2, 0.25) is 0 Å². The number of piperidine rings is 2. The first-order valence-electron chi connectivity index (χ1n) is 9.74. The lowest BCUT2D eigenvalue weighted by atomic mass is 10.0. The Morgan fingerprint density at radius 1 is 0.880 bits per heavy atom. The highest BCUT2D eigenvalue weighted by Gasteiger charge is 2.21. The molecule has 1 atom stereocenters. The topological polar surface area (TPSA) is 32.3 Å². The molecule has 3 heterocycles. The fourth-order valence-corrected chi connectivity index (χ4v) is 3.97. The largest absolute Gasteiger partial charge is 0.356 e. The molecular weight excluding hydrogens is 308 g/mol. The monoisotopic (exact) mass is 336 g/mol. The standard InChI is InChI=1S/C21H28N4/c1-17-9-8-14-25(16-17)20-15-19(18-10-4-2-5-11-18)22-21(23-20)24-12-6-3-7-13-24/h2,4-5,10-11,15,17H,3,6-9,12-14,16H2,1H3. The predicted molar refractivity (Wildman–Crippen MR) is 104 cm³/mol. The van der Waals surface area contributed by atoms with Crippen LogP contribution in [-0.2, 0) is 0 Å². The molecule has 2 aromatic rings. The number of anilines is 2. The van der Waals surface area contributed by atoms with E-state index in [1.165, 1.54) is 37.7 Å². The van der Waals surface area contributed by atoms with Crippen molar-refractivity contribution >= 4 is 11.8 Å². The van der Waals surface area contributed by atoms with Crippen molar-refractivity contribution < 1.29 is 0 Å². The quantitative estimate of drug-likeness (QED) is 0.833. The van der Waals surface area contributed by atoms with E-state index in [9.17, 15) is 0 Å². The highest BCUT2D eigenvalue weighted by Crippen LogP contribution is 2.28. The highest BCUT2D eigenvalue weighted by atomic mass is 15.3. The van der Waals surface area contributed by atoms with Gasteiger partial charge in [0.05, 0.1) is 5.69 Å². The van der Waals surface area contributed by atoms with Crippen molar-refractivity contribution in [3.8, 4) is 11.3 Å². The van der Waals surface area contributed by atoms with Crippen LogP contribution in [0, 0.1) is 5.92 Å². The average Bonchev–Trinajstić information content (AvgIpc) is 2.69. The van der Waals surface area contributed by atoms with Gasteiger partial charge in [0.25, 0.3) is 0 Å². The minimum atomic E-state index is 0.738. The van der Waals surface area contributed by atoms with E-state index in [1.54, 1.807) is 0 Å². The minimum absolute atomic E-state index is 0.738. The van der Waals surface area contributed by atoms with Crippen LogP contribution in [0.5, 0.6) is 0 Å². The number of nitrogens with zero attached hydrogens (tertiary/aromatic N) is 4. The second kappa shape index (κ2) is 7.42. The summed E-state index contributed by atoms with van der Waals surface area (Å²) in [7, 11) is 0. The molecule has 0 bridgehead atoms. The fourth-order valence-electron chi connectivity index (χ4n) is 3.97. The van der Waals surface area contributed by atoms with Gasteiger partial charge in [-0.05, 0) is 38.0 Å². The molecular formula is C21H28N4. The van der Waals surface area contributed by atoms with Gasteiger partial charge in [0.2, 0.25) is 5.95 Å². The summed E-state index contributed by atoms with van der Waals surface area (Å²) in [6.07, 6.45) is 6.40. The first kappa shape index (κ1) is 16.4. The minimum Gasteiger partial charge on any atom is -0.356 e. The summed E-state index contributed by atoms with van der Waals surface area (Å²) in [6.45, 7) is 6.71. The summed E-state index contributed by atoms with van der Waals surface area (Å²) in [6, 6.07) is 12.7. The third-order valence-electron chi connectivity index (χ3n) is 5.39. The zero-order chi connectivity index (χ0) is 17.1. The predicted octanol–water partition coefficient (Wildman–Crippen LogP) is 4.37. The molecule has 4 rings (SSSR count). The Morgan fingerprint density at radius 3 is 2.40 bits per heavy atom. The SMILES string of the molecule is CC1CCCN(c2cc(-c3ccccc3)nc(N3CCCCC3)n2)C1. The van der Waals surface area contributed by atoms with Crippen LogP contribution in [0.1, 0.15) is 39.0 Å². The van der Waals surface area contributed by atoms with E-state index < -0.39 is 0 Å². The second-order valence-electron chi connectivity index (χ2n) is 7.52. The molecule has 0 aliphatic carbocycles. The van der Waals surface area contributed by atoms with Crippen molar-refractivity contribution in [1.29, 1.82) is 0 Å². The lowest BCUT2D eigenvalue weighted by Gasteiger charge is -2.33. The fraction of sp³-hybridized carbons (Fsp3) is 0.524. The molecule has 1 aromatic carbocycles. The summed E-state index contributed by atoms with van der Waals surface area (Å²) < 4.78 is 0. The third kappa shape index (κ3) is 3.78. The van der Waals surface area contributed by atoms with Crippen molar-refractivity contribution in [2.45, 2.75) is 39.0 Å². The van der Waals surface area contributed by atoms with Crippen LogP contribution in [0.15, 0.2) is 36.4 Å². The van der Waals surface area contributed by atoms with Gasteiger partial charge in [0, 0.05) is 37.8 Å². The summed E-state index contributed by atoms with van der Waals surface area (Å²) in [5.74, 6) is 2.75. The van der Waals surface area contributed by atoms with Crippen LogP contribution in [0.4, 0.5) is 11.8 Å². The van der Waals surface area contributed by atoms with E-state index in [1.807, 2.05) is 0 Å². The molecule has 2 fully saturated rings. The molecule has 2 aliphatic rings. The van der Waals surface area contributed by atoms with Crippen LogP contribution in [0.3, 0.4) is 0 Å². The summed E-state index contributed by atoms with van der Waals surface area (Å²) >= 11 is 0.